The molecule has 0 spiro atoms. The number of rotatable bonds is 4. The monoisotopic (exact) mass is 383 g/mol. The molecule has 0 radical (unpaired) electrons. The zero-order valence-electron chi connectivity index (χ0n) is 15.1. The maximum atomic E-state index is 12.6. The van der Waals surface area contributed by atoms with Gasteiger partial charge in [0.1, 0.15) is 6.07 Å². The molecule has 1 amide bonds. The Morgan fingerprint density at radius 1 is 1.11 bits per heavy atom. The molecule has 1 N–H and O–H groups in total. The average molecular weight is 383 g/mol. The van der Waals surface area contributed by atoms with E-state index in [4.69, 9.17) is 5.26 Å². The fourth-order valence-corrected chi connectivity index (χ4v) is 4.12. The number of nitrogens with one attached hydrogen (secondary N) is 1. The molecule has 0 aliphatic carbocycles. The van der Waals surface area contributed by atoms with Crippen molar-refractivity contribution in [3.8, 4) is 6.07 Å². The van der Waals surface area contributed by atoms with Gasteiger partial charge in [-0.3, -0.25) is 9.52 Å². The first-order valence-corrected chi connectivity index (χ1v) is 10.3. The predicted octanol–water partition coefficient (Wildman–Crippen LogP) is 3.23. The van der Waals surface area contributed by atoms with Crippen molar-refractivity contribution in [2.45, 2.75) is 24.7 Å². The van der Waals surface area contributed by atoms with E-state index in [-0.39, 0.29) is 22.1 Å². The van der Waals surface area contributed by atoms with Gasteiger partial charge in [0.2, 0.25) is 0 Å². The van der Waals surface area contributed by atoms with Gasteiger partial charge < -0.3 is 4.90 Å². The van der Waals surface area contributed by atoms with Crippen LogP contribution < -0.4 is 4.72 Å². The highest BCUT2D eigenvalue weighted by Gasteiger charge is 2.22. The smallest absolute Gasteiger partial charge is 0.261 e. The largest absolute Gasteiger partial charge is 0.339 e. The fraction of sp³-hybridized carbons (Fsp3) is 0.300. The number of hydrogen-bond donors (Lipinski definition) is 1. The Bertz CT molecular complexity index is 970. The van der Waals surface area contributed by atoms with Crippen molar-refractivity contribution in [1.29, 1.82) is 5.26 Å². The first-order chi connectivity index (χ1) is 12.9. The lowest BCUT2D eigenvalue weighted by atomic mass is 9.98. The summed E-state index contributed by atoms with van der Waals surface area (Å²) in [7, 11) is -3.85. The summed E-state index contributed by atoms with van der Waals surface area (Å²) in [5.41, 5.74) is 0.940. The van der Waals surface area contributed by atoms with Gasteiger partial charge in [0.15, 0.2) is 0 Å². The molecule has 1 heterocycles. The highest BCUT2D eigenvalue weighted by molar-refractivity contribution is 7.92. The SMILES string of the molecule is CC1CCN(C(=O)c2ccc(S(=O)(=O)Nc3ccccc3C#N)cc2)CC1. The van der Waals surface area contributed by atoms with Crippen molar-refractivity contribution in [3.63, 3.8) is 0 Å². The summed E-state index contributed by atoms with van der Waals surface area (Å²) in [5.74, 6) is 0.553. The Balaban J connectivity index is 1.76. The van der Waals surface area contributed by atoms with Crippen LogP contribution in [0.1, 0.15) is 35.7 Å². The van der Waals surface area contributed by atoms with Crippen LogP contribution in [-0.2, 0) is 10.0 Å². The summed E-state index contributed by atoms with van der Waals surface area (Å²) in [6.07, 6.45) is 1.97. The molecule has 27 heavy (non-hydrogen) atoms. The van der Waals surface area contributed by atoms with Crippen LogP contribution in [0.25, 0.3) is 0 Å². The van der Waals surface area contributed by atoms with Gasteiger partial charge in [0, 0.05) is 18.7 Å². The summed E-state index contributed by atoms with van der Waals surface area (Å²) in [4.78, 5) is 14.4. The third kappa shape index (κ3) is 4.29. The molecule has 2 aromatic carbocycles. The topological polar surface area (TPSA) is 90.3 Å². The Morgan fingerprint density at radius 2 is 1.74 bits per heavy atom. The summed E-state index contributed by atoms with van der Waals surface area (Å²) < 4.78 is 27.6. The lowest BCUT2D eigenvalue weighted by Crippen LogP contribution is -2.37. The number of nitrogens with zero attached hydrogens (tertiary/aromatic N) is 2. The third-order valence-corrected chi connectivity index (χ3v) is 6.16. The minimum Gasteiger partial charge on any atom is -0.339 e. The summed E-state index contributed by atoms with van der Waals surface area (Å²) >= 11 is 0. The van der Waals surface area contributed by atoms with E-state index in [1.807, 2.05) is 11.0 Å². The molecule has 0 aromatic heterocycles. The first kappa shape index (κ1) is 18.9. The Kier molecular flexibility index (Phi) is 5.47. The number of carbonyl (C=O) groups excluding carboxylic acids is 1. The van der Waals surface area contributed by atoms with E-state index >= 15 is 0 Å². The molecule has 1 aliphatic heterocycles. The molecule has 1 saturated heterocycles. The molecule has 7 heteroatoms. The molecule has 3 rings (SSSR count). The summed E-state index contributed by atoms with van der Waals surface area (Å²) in [6, 6.07) is 14.2. The number of anilines is 1. The van der Waals surface area contributed by atoms with Gasteiger partial charge in [-0.15, -0.1) is 0 Å². The molecule has 0 atom stereocenters. The van der Waals surface area contributed by atoms with E-state index in [2.05, 4.69) is 11.6 Å². The summed E-state index contributed by atoms with van der Waals surface area (Å²) in [5, 5.41) is 9.10. The van der Waals surface area contributed by atoms with Gasteiger partial charge in [-0.25, -0.2) is 8.42 Å². The van der Waals surface area contributed by atoms with Crippen LogP contribution in [0.3, 0.4) is 0 Å². The molecular formula is C20H21N3O3S. The molecule has 1 aliphatic rings. The van der Waals surface area contributed by atoms with Gasteiger partial charge in [0.25, 0.3) is 15.9 Å². The minimum absolute atomic E-state index is 0.0408. The van der Waals surface area contributed by atoms with Crippen LogP contribution in [0.5, 0.6) is 0 Å². The summed E-state index contributed by atoms with van der Waals surface area (Å²) in [6.45, 7) is 3.64. The predicted molar refractivity (Wildman–Crippen MR) is 103 cm³/mol. The fourth-order valence-electron chi connectivity index (χ4n) is 3.04. The Labute approximate surface area is 159 Å². The second-order valence-electron chi connectivity index (χ2n) is 6.76. The van der Waals surface area contributed by atoms with Crippen molar-refractivity contribution >= 4 is 21.6 Å². The number of benzene rings is 2. The van der Waals surface area contributed by atoms with Crippen molar-refractivity contribution < 1.29 is 13.2 Å². The number of likely N-dealkylation sites (tertiary alicyclic amines) is 1. The second kappa shape index (κ2) is 7.80. The van der Waals surface area contributed by atoms with E-state index in [0.29, 0.717) is 11.5 Å². The number of sulfonamides is 1. The van der Waals surface area contributed by atoms with Crippen LogP contribution in [0.2, 0.25) is 0 Å². The number of amides is 1. The van der Waals surface area contributed by atoms with Gasteiger partial charge in [0.05, 0.1) is 16.1 Å². The number of carbonyl (C=O) groups is 1. The minimum atomic E-state index is -3.85. The first-order valence-electron chi connectivity index (χ1n) is 8.82. The standard InChI is InChI=1S/C20H21N3O3S/c1-15-10-12-23(13-11-15)20(24)16-6-8-18(9-7-16)27(25,26)22-19-5-3-2-4-17(19)14-21/h2-9,15,22H,10-13H2,1H3. The van der Waals surface area contributed by atoms with Crippen LogP contribution in [-0.4, -0.2) is 32.3 Å². The van der Waals surface area contributed by atoms with Gasteiger partial charge in [-0.1, -0.05) is 19.1 Å². The van der Waals surface area contributed by atoms with E-state index in [1.54, 1.807) is 18.2 Å². The highest BCUT2D eigenvalue weighted by atomic mass is 32.2. The number of piperidine rings is 1. The Morgan fingerprint density at radius 3 is 2.37 bits per heavy atom. The van der Waals surface area contributed by atoms with Crippen LogP contribution in [0.15, 0.2) is 53.4 Å². The molecule has 140 valence electrons. The van der Waals surface area contributed by atoms with E-state index in [9.17, 15) is 13.2 Å². The van der Waals surface area contributed by atoms with E-state index in [1.165, 1.54) is 30.3 Å². The average Bonchev–Trinajstić information content (AvgIpc) is 2.68. The molecule has 2 aromatic rings. The third-order valence-electron chi connectivity index (χ3n) is 4.77. The quantitative estimate of drug-likeness (QED) is 0.878. The lowest BCUT2D eigenvalue weighted by Gasteiger charge is -2.30. The molecule has 6 nitrogen and oxygen atoms in total. The number of nitriles is 1. The van der Waals surface area contributed by atoms with Gasteiger partial charge in [-0.2, -0.15) is 5.26 Å². The van der Waals surface area contributed by atoms with Crippen molar-refractivity contribution in [1.82, 2.24) is 4.90 Å². The van der Waals surface area contributed by atoms with E-state index < -0.39 is 10.0 Å². The number of para-hydroxylation sites is 1. The van der Waals surface area contributed by atoms with Crippen molar-refractivity contribution in [2.24, 2.45) is 5.92 Å². The normalized spacial score (nSPS) is 15.2. The maximum Gasteiger partial charge on any atom is 0.261 e. The lowest BCUT2D eigenvalue weighted by molar-refractivity contribution is 0.0697. The highest BCUT2D eigenvalue weighted by Crippen LogP contribution is 2.21. The second-order valence-corrected chi connectivity index (χ2v) is 8.44. The Hall–Kier alpha value is -2.85. The molecule has 0 bridgehead atoms. The van der Waals surface area contributed by atoms with Crippen LogP contribution in [0, 0.1) is 17.2 Å². The molecule has 0 saturated carbocycles. The molecular weight excluding hydrogens is 362 g/mol. The zero-order chi connectivity index (χ0) is 19.4. The van der Waals surface area contributed by atoms with Gasteiger partial charge >= 0.3 is 0 Å². The molecule has 1 fully saturated rings. The molecule has 0 unspecified atom stereocenters. The van der Waals surface area contributed by atoms with Crippen molar-refractivity contribution in [2.75, 3.05) is 17.8 Å². The number of hydrogen-bond acceptors (Lipinski definition) is 4. The van der Waals surface area contributed by atoms with E-state index in [0.717, 1.165) is 25.9 Å². The van der Waals surface area contributed by atoms with Crippen molar-refractivity contribution in [3.05, 3.63) is 59.7 Å². The van der Waals surface area contributed by atoms with Crippen LogP contribution in [0.4, 0.5) is 5.69 Å². The van der Waals surface area contributed by atoms with Crippen LogP contribution >= 0.6 is 0 Å². The maximum absolute atomic E-state index is 12.6. The zero-order valence-corrected chi connectivity index (χ0v) is 15.9. The van der Waals surface area contributed by atoms with Gasteiger partial charge in [-0.05, 0) is 55.2 Å².